The molecule has 0 radical (unpaired) electrons. The highest BCUT2D eigenvalue weighted by molar-refractivity contribution is 6.03. The summed E-state index contributed by atoms with van der Waals surface area (Å²) in [6.07, 6.45) is 0.885. The molecule has 0 aliphatic carbocycles. The normalized spacial score (nSPS) is 16.5. The molecule has 3 rings (SSSR count). The van der Waals surface area contributed by atoms with Gasteiger partial charge in [0.15, 0.2) is 0 Å². The summed E-state index contributed by atoms with van der Waals surface area (Å²) in [5.74, 6) is 0.771. The van der Waals surface area contributed by atoms with Gasteiger partial charge < -0.3 is 10.1 Å². The standard InChI is InChI=1S/C19H22N2O2/c1-4-16-12-21(17-11-14(3)7-10-18(17)23-16)19(22)20-15-8-5-13(2)6-9-15/h5-11,16H,4,12H2,1-3H3,(H,20,22)/t16-/m0/s1. The van der Waals surface area contributed by atoms with E-state index in [1.807, 2.05) is 56.3 Å². The Labute approximate surface area is 137 Å². The SMILES string of the molecule is CC[C@H]1CN(C(=O)Nc2ccc(C)cc2)c2cc(C)ccc2O1. The molecule has 0 saturated heterocycles. The number of hydrogen-bond acceptors (Lipinski definition) is 2. The number of urea groups is 1. The van der Waals surface area contributed by atoms with Crippen LogP contribution < -0.4 is 15.0 Å². The molecule has 1 heterocycles. The summed E-state index contributed by atoms with van der Waals surface area (Å²) in [6.45, 7) is 6.67. The van der Waals surface area contributed by atoms with E-state index in [2.05, 4.69) is 12.2 Å². The van der Waals surface area contributed by atoms with E-state index in [4.69, 9.17) is 4.74 Å². The van der Waals surface area contributed by atoms with Crippen molar-refractivity contribution in [1.29, 1.82) is 0 Å². The number of hydrogen-bond donors (Lipinski definition) is 1. The first kappa shape index (κ1) is 15.4. The van der Waals surface area contributed by atoms with E-state index in [0.717, 1.165) is 29.1 Å². The van der Waals surface area contributed by atoms with Gasteiger partial charge >= 0.3 is 6.03 Å². The van der Waals surface area contributed by atoms with Gasteiger partial charge in [0.2, 0.25) is 0 Å². The van der Waals surface area contributed by atoms with E-state index in [1.165, 1.54) is 5.56 Å². The lowest BCUT2D eigenvalue weighted by Crippen LogP contribution is -2.45. The molecule has 2 aromatic rings. The molecule has 4 heteroatoms. The third-order valence-corrected chi connectivity index (χ3v) is 4.09. The van der Waals surface area contributed by atoms with Crippen LogP contribution in [0.3, 0.4) is 0 Å². The van der Waals surface area contributed by atoms with Crippen molar-refractivity contribution in [2.24, 2.45) is 0 Å². The smallest absolute Gasteiger partial charge is 0.326 e. The van der Waals surface area contributed by atoms with Crippen LogP contribution in [0.25, 0.3) is 0 Å². The first-order valence-corrected chi connectivity index (χ1v) is 7.99. The molecule has 1 aliphatic heterocycles. The molecular formula is C19H22N2O2. The van der Waals surface area contributed by atoms with Crippen molar-refractivity contribution < 1.29 is 9.53 Å². The molecule has 1 atom stereocenters. The Morgan fingerprint density at radius 3 is 2.57 bits per heavy atom. The molecule has 0 unspecified atom stereocenters. The number of ether oxygens (including phenoxy) is 1. The predicted octanol–water partition coefficient (Wildman–Crippen LogP) is 4.51. The maximum absolute atomic E-state index is 12.7. The fourth-order valence-corrected chi connectivity index (χ4v) is 2.69. The monoisotopic (exact) mass is 310 g/mol. The molecule has 23 heavy (non-hydrogen) atoms. The van der Waals surface area contributed by atoms with Gasteiger partial charge in [-0.25, -0.2) is 4.79 Å². The van der Waals surface area contributed by atoms with Crippen LogP contribution in [-0.4, -0.2) is 18.7 Å². The van der Waals surface area contributed by atoms with Crippen LogP contribution in [0.15, 0.2) is 42.5 Å². The quantitative estimate of drug-likeness (QED) is 0.886. The molecule has 2 aromatic carbocycles. The Kier molecular flexibility index (Phi) is 4.24. The van der Waals surface area contributed by atoms with E-state index in [0.29, 0.717) is 6.54 Å². The maximum atomic E-state index is 12.7. The largest absolute Gasteiger partial charge is 0.486 e. The fraction of sp³-hybridized carbons (Fsp3) is 0.316. The number of amides is 2. The second kappa shape index (κ2) is 6.32. The summed E-state index contributed by atoms with van der Waals surface area (Å²) < 4.78 is 5.96. The topological polar surface area (TPSA) is 41.6 Å². The van der Waals surface area contributed by atoms with Gasteiger partial charge in [-0.15, -0.1) is 0 Å². The van der Waals surface area contributed by atoms with Gasteiger partial charge in [0.1, 0.15) is 11.9 Å². The van der Waals surface area contributed by atoms with Crippen LogP contribution in [0.4, 0.5) is 16.2 Å². The van der Waals surface area contributed by atoms with Crippen LogP contribution in [0.5, 0.6) is 5.75 Å². The minimum absolute atomic E-state index is 0.0222. The molecular weight excluding hydrogens is 288 g/mol. The van der Waals surface area contributed by atoms with Crippen LogP contribution in [0, 0.1) is 13.8 Å². The molecule has 0 fully saturated rings. The van der Waals surface area contributed by atoms with Crippen molar-refractivity contribution in [3.8, 4) is 5.75 Å². The number of anilines is 2. The lowest BCUT2D eigenvalue weighted by Gasteiger charge is -2.34. The van der Waals surface area contributed by atoms with Crippen molar-refractivity contribution in [1.82, 2.24) is 0 Å². The van der Waals surface area contributed by atoms with Crippen LogP contribution in [0.1, 0.15) is 24.5 Å². The third-order valence-electron chi connectivity index (χ3n) is 4.09. The van der Waals surface area contributed by atoms with Crippen molar-refractivity contribution in [2.75, 3.05) is 16.8 Å². The highest BCUT2D eigenvalue weighted by atomic mass is 16.5. The van der Waals surface area contributed by atoms with E-state index in [-0.39, 0.29) is 12.1 Å². The van der Waals surface area contributed by atoms with Crippen molar-refractivity contribution in [2.45, 2.75) is 33.3 Å². The van der Waals surface area contributed by atoms with Crippen LogP contribution in [-0.2, 0) is 0 Å². The van der Waals surface area contributed by atoms with E-state index in [1.54, 1.807) is 4.90 Å². The molecule has 1 N–H and O–H groups in total. The van der Waals surface area contributed by atoms with Gasteiger partial charge in [0.25, 0.3) is 0 Å². The fourth-order valence-electron chi connectivity index (χ4n) is 2.69. The van der Waals surface area contributed by atoms with Crippen LogP contribution >= 0.6 is 0 Å². The van der Waals surface area contributed by atoms with Crippen LogP contribution in [0.2, 0.25) is 0 Å². The number of fused-ring (bicyclic) bond motifs is 1. The van der Waals surface area contributed by atoms with E-state index >= 15 is 0 Å². The summed E-state index contributed by atoms with van der Waals surface area (Å²) in [7, 11) is 0. The number of benzene rings is 2. The molecule has 0 aromatic heterocycles. The number of carbonyl (C=O) groups is 1. The number of nitrogens with one attached hydrogen (secondary N) is 1. The summed E-state index contributed by atoms with van der Waals surface area (Å²) in [5, 5.41) is 2.98. The Balaban J connectivity index is 1.87. The Morgan fingerprint density at radius 2 is 1.87 bits per heavy atom. The van der Waals surface area contributed by atoms with Gasteiger partial charge in [0.05, 0.1) is 12.2 Å². The van der Waals surface area contributed by atoms with Gasteiger partial charge in [-0.2, -0.15) is 0 Å². The summed E-state index contributed by atoms with van der Waals surface area (Å²) >= 11 is 0. The average molecular weight is 310 g/mol. The van der Waals surface area contributed by atoms with Gasteiger partial charge in [-0.05, 0) is 50.1 Å². The van der Waals surface area contributed by atoms with Crippen molar-refractivity contribution in [3.05, 3.63) is 53.6 Å². The predicted molar refractivity (Wildman–Crippen MR) is 93.4 cm³/mol. The molecule has 0 spiro atoms. The second-order valence-corrected chi connectivity index (χ2v) is 6.03. The highest BCUT2D eigenvalue weighted by Gasteiger charge is 2.29. The van der Waals surface area contributed by atoms with E-state index in [9.17, 15) is 4.79 Å². The lowest BCUT2D eigenvalue weighted by atomic mass is 10.1. The minimum Gasteiger partial charge on any atom is -0.486 e. The van der Waals surface area contributed by atoms with Gasteiger partial charge in [-0.1, -0.05) is 30.7 Å². The molecule has 1 aliphatic rings. The summed E-state index contributed by atoms with van der Waals surface area (Å²) in [5.41, 5.74) is 3.91. The first-order valence-electron chi connectivity index (χ1n) is 7.99. The van der Waals surface area contributed by atoms with Gasteiger partial charge in [-0.3, -0.25) is 4.90 Å². The first-order chi connectivity index (χ1) is 11.1. The second-order valence-electron chi connectivity index (χ2n) is 6.03. The lowest BCUT2D eigenvalue weighted by molar-refractivity contribution is 0.188. The maximum Gasteiger partial charge on any atom is 0.326 e. The highest BCUT2D eigenvalue weighted by Crippen LogP contribution is 2.35. The average Bonchev–Trinajstić information content (AvgIpc) is 2.56. The summed E-state index contributed by atoms with van der Waals surface area (Å²) in [6, 6.07) is 13.6. The zero-order chi connectivity index (χ0) is 16.4. The molecule has 0 bridgehead atoms. The molecule has 2 amide bonds. The molecule has 120 valence electrons. The Hall–Kier alpha value is -2.49. The van der Waals surface area contributed by atoms with Crippen molar-refractivity contribution in [3.63, 3.8) is 0 Å². The van der Waals surface area contributed by atoms with E-state index < -0.39 is 0 Å². The summed E-state index contributed by atoms with van der Waals surface area (Å²) in [4.78, 5) is 14.5. The third kappa shape index (κ3) is 3.31. The Bertz CT molecular complexity index is 710. The molecule has 4 nitrogen and oxygen atoms in total. The number of carbonyl (C=O) groups excluding carboxylic acids is 1. The van der Waals surface area contributed by atoms with Gasteiger partial charge in [0, 0.05) is 5.69 Å². The zero-order valence-corrected chi connectivity index (χ0v) is 13.8. The molecule has 0 saturated carbocycles. The number of nitrogens with zero attached hydrogens (tertiary/aromatic N) is 1. The zero-order valence-electron chi connectivity index (χ0n) is 13.8. The minimum atomic E-state index is -0.123. The number of rotatable bonds is 2. The Morgan fingerprint density at radius 1 is 1.17 bits per heavy atom. The van der Waals surface area contributed by atoms with Crippen molar-refractivity contribution >= 4 is 17.4 Å². The number of aryl methyl sites for hydroxylation is 2.